The second-order valence-corrected chi connectivity index (χ2v) is 15.8. The molecule has 8 nitrogen and oxygen atoms in total. The first-order valence-electron chi connectivity index (χ1n) is 17.8. The van der Waals surface area contributed by atoms with Crippen molar-refractivity contribution in [2.24, 2.45) is 16.7 Å². The lowest BCUT2D eigenvalue weighted by Crippen LogP contribution is -2.46. The van der Waals surface area contributed by atoms with Crippen LogP contribution in [-0.2, 0) is 32.2 Å². The molecule has 1 saturated carbocycles. The third-order valence-corrected chi connectivity index (χ3v) is 10.8. The molecule has 3 fully saturated rings. The molecule has 8 heteroatoms. The number of ether oxygens (including phenoxy) is 2. The Kier molecular flexibility index (Phi) is 10.6. The van der Waals surface area contributed by atoms with Gasteiger partial charge in [-0.15, -0.1) is 0 Å². The van der Waals surface area contributed by atoms with Crippen molar-refractivity contribution in [3.8, 4) is 11.1 Å². The summed E-state index contributed by atoms with van der Waals surface area (Å²) < 4.78 is 13.6. The van der Waals surface area contributed by atoms with E-state index in [0.717, 1.165) is 46.5 Å². The largest absolute Gasteiger partial charge is 0.481 e. The quantitative estimate of drug-likeness (QED) is 0.185. The second-order valence-electron chi connectivity index (χ2n) is 15.8. The van der Waals surface area contributed by atoms with Crippen molar-refractivity contribution in [1.29, 1.82) is 0 Å². The van der Waals surface area contributed by atoms with Gasteiger partial charge in [0.2, 0.25) is 5.91 Å². The zero-order valence-electron chi connectivity index (χ0n) is 29.4. The number of carbonyl (C=O) groups is 2. The lowest BCUT2D eigenvalue weighted by Gasteiger charge is -2.43. The van der Waals surface area contributed by atoms with Gasteiger partial charge in [0.05, 0.1) is 18.8 Å². The van der Waals surface area contributed by atoms with Crippen LogP contribution in [0, 0.1) is 16.7 Å². The van der Waals surface area contributed by atoms with Gasteiger partial charge in [0.15, 0.2) is 6.29 Å². The molecule has 2 heterocycles. The SMILES string of the molecule is C[C@@H]1[C@H](CN2CC3(C)CC2CC(C)(C)C3)O[C@H](c2ccc(-c3cccc(CNC(=O)CCCC(=O)O)c3)cc2)O[C@@H]1c1ccc(CO)cc1. The number of hydrogen-bond donors (Lipinski definition) is 3. The van der Waals surface area contributed by atoms with E-state index in [1.807, 2.05) is 24.3 Å². The molecule has 0 spiro atoms. The maximum atomic E-state index is 12.2. The number of carboxylic acid groups (broad SMARTS) is 1. The van der Waals surface area contributed by atoms with Crippen molar-refractivity contribution in [2.75, 3.05) is 13.1 Å². The Hall–Kier alpha value is -3.56. The van der Waals surface area contributed by atoms with E-state index in [2.05, 4.69) is 86.4 Å². The van der Waals surface area contributed by atoms with E-state index in [4.69, 9.17) is 14.6 Å². The van der Waals surface area contributed by atoms with E-state index in [1.165, 1.54) is 19.3 Å². The number of aliphatic hydroxyl groups excluding tert-OH is 1. The summed E-state index contributed by atoms with van der Waals surface area (Å²) in [4.78, 5) is 25.6. The number of nitrogens with one attached hydrogen (secondary N) is 1. The zero-order chi connectivity index (χ0) is 34.8. The number of likely N-dealkylation sites (tertiary alicyclic amines) is 1. The summed E-state index contributed by atoms with van der Waals surface area (Å²) in [5.41, 5.74) is 6.72. The molecule has 0 radical (unpaired) electrons. The predicted octanol–water partition coefficient (Wildman–Crippen LogP) is 7.41. The van der Waals surface area contributed by atoms with E-state index in [-0.39, 0.29) is 43.5 Å². The van der Waals surface area contributed by atoms with Crippen molar-refractivity contribution in [3.63, 3.8) is 0 Å². The molecule has 6 atom stereocenters. The minimum atomic E-state index is -0.890. The Morgan fingerprint density at radius 3 is 2.35 bits per heavy atom. The average molecular weight is 669 g/mol. The first-order chi connectivity index (χ1) is 23.4. The summed E-state index contributed by atoms with van der Waals surface area (Å²) >= 11 is 0. The smallest absolute Gasteiger partial charge is 0.303 e. The van der Waals surface area contributed by atoms with Crippen LogP contribution in [0.3, 0.4) is 0 Å². The van der Waals surface area contributed by atoms with E-state index >= 15 is 0 Å². The summed E-state index contributed by atoms with van der Waals surface area (Å²) in [5.74, 6) is -0.902. The maximum Gasteiger partial charge on any atom is 0.303 e. The molecule has 6 rings (SSSR count). The number of rotatable bonds is 12. The molecule has 1 amide bonds. The fourth-order valence-electron chi connectivity index (χ4n) is 8.73. The summed E-state index contributed by atoms with van der Waals surface area (Å²) in [6.07, 6.45) is 3.57. The van der Waals surface area contributed by atoms with Crippen LogP contribution in [0.15, 0.2) is 72.8 Å². The molecule has 262 valence electrons. The molecule has 2 aliphatic heterocycles. The van der Waals surface area contributed by atoms with Crippen LogP contribution in [0.1, 0.15) is 101 Å². The fourth-order valence-corrected chi connectivity index (χ4v) is 8.73. The fraction of sp³-hybridized carbons (Fsp3) is 0.512. The van der Waals surface area contributed by atoms with Gasteiger partial charge in [-0.2, -0.15) is 0 Å². The Bertz CT molecular complexity index is 1600. The van der Waals surface area contributed by atoms with Crippen LogP contribution in [0.4, 0.5) is 0 Å². The molecule has 3 aromatic carbocycles. The van der Waals surface area contributed by atoms with Crippen molar-refractivity contribution in [2.45, 2.75) is 104 Å². The van der Waals surface area contributed by atoms with Crippen LogP contribution in [0.2, 0.25) is 0 Å². The average Bonchev–Trinajstić information content (AvgIpc) is 3.31. The summed E-state index contributed by atoms with van der Waals surface area (Å²) in [6.45, 7) is 11.9. The van der Waals surface area contributed by atoms with Crippen molar-refractivity contribution in [1.82, 2.24) is 10.2 Å². The monoisotopic (exact) mass is 668 g/mol. The van der Waals surface area contributed by atoms with Crippen molar-refractivity contribution < 1.29 is 29.3 Å². The molecule has 3 aromatic rings. The molecule has 0 aromatic heterocycles. The minimum absolute atomic E-state index is 0.00914. The van der Waals surface area contributed by atoms with Crippen molar-refractivity contribution in [3.05, 3.63) is 95.1 Å². The topological polar surface area (TPSA) is 108 Å². The Labute approximate surface area is 290 Å². The van der Waals surface area contributed by atoms with Crippen LogP contribution < -0.4 is 5.32 Å². The van der Waals surface area contributed by atoms with Gasteiger partial charge in [-0.25, -0.2) is 0 Å². The zero-order valence-corrected chi connectivity index (χ0v) is 29.4. The standard InChI is InChI=1S/C41H52N2O6/c1-27-35(23-43-26-41(4)21-34(43)20-40(2,3)25-41)48-39(49-38(27)31-13-11-28(24-44)12-14-31)32-17-15-30(16-18-32)33-8-5-7-29(19-33)22-42-36(45)9-6-10-37(46)47/h5,7-8,11-19,27,34-35,38-39,44H,6,9-10,20-26H2,1-4H3,(H,42,45)(H,46,47)/t27-,34?,35+,38+,39+,41?/m1/s1. The van der Waals surface area contributed by atoms with Gasteiger partial charge in [-0.1, -0.05) is 94.4 Å². The third kappa shape index (κ3) is 8.61. The number of benzene rings is 3. The molecule has 2 saturated heterocycles. The highest BCUT2D eigenvalue weighted by Crippen LogP contribution is 2.53. The highest BCUT2D eigenvalue weighted by Gasteiger charge is 2.51. The summed E-state index contributed by atoms with van der Waals surface area (Å²) in [5, 5.41) is 21.3. The van der Waals surface area contributed by atoms with Gasteiger partial charge < -0.3 is 25.0 Å². The number of fused-ring (bicyclic) bond motifs is 2. The highest BCUT2D eigenvalue weighted by atomic mass is 16.7. The highest BCUT2D eigenvalue weighted by molar-refractivity contribution is 5.76. The Morgan fingerprint density at radius 1 is 0.898 bits per heavy atom. The van der Waals surface area contributed by atoms with Crippen LogP contribution in [-0.4, -0.2) is 52.2 Å². The van der Waals surface area contributed by atoms with Crippen molar-refractivity contribution >= 4 is 11.9 Å². The number of nitrogens with zero attached hydrogens (tertiary/aromatic N) is 1. The number of aliphatic hydroxyl groups is 1. The molecule has 1 aliphatic carbocycles. The Balaban J connectivity index is 1.17. The summed E-state index contributed by atoms with van der Waals surface area (Å²) in [6, 6.07) is 25.1. The third-order valence-electron chi connectivity index (χ3n) is 10.8. The summed E-state index contributed by atoms with van der Waals surface area (Å²) in [7, 11) is 0. The number of carboxylic acids is 1. The van der Waals surface area contributed by atoms with E-state index in [0.29, 0.717) is 29.8 Å². The van der Waals surface area contributed by atoms with Gasteiger partial charge in [-0.3, -0.25) is 14.5 Å². The van der Waals surface area contributed by atoms with Gasteiger partial charge in [0, 0.05) is 50.0 Å². The van der Waals surface area contributed by atoms with Crippen LogP contribution >= 0.6 is 0 Å². The minimum Gasteiger partial charge on any atom is -0.481 e. The lowest BCUT2D eigenvalue weighted by atomic mass is 9.65. The maximum absolute atomic E-state index is 12.2. The first-order valence-corrected chi connectivity index (χ1v) is 17.8. The molecular weight excluding hydrogens is 616 g/mol. The molecule has 2 unspecified atom stereocenters. The van der Waals surface area contributed by atoms with Crippen LogP contribution in [0.25, 0.3) is 11.1 Å². The van der Waals surface area contributed by atoms with E-state index < -0.39 is 12.3 Å². The molecular formula is C41H52N2O6. The molecule has 3 N–H and O–H groups in total. The normalized spacial score (nSPS) is 27.9. The van der Waals surface area contributed by atoms with Crippen LogP contribution in [0.5, 0.6) is 0 Å². The van der Waals surface area contributed by atoms with Gasteiger partial charge in [0.1, 0.15) is 0 Å². The molecule has 2 bridgehead atoms. The Morgan fingerprint density at radius 2 is 1.63 bits per heavy atom. The second kappa shape index (κ2) is 14.7. The number of hydrogen-bond acceptors (Lipinski definition) is 6. The first kappa shape index (κ1) is 35.3. The lowest BCUT2D eigenvalue weighted by molar-refractivity contribution is -0.276. The van der Waals surface area contributed by atoms with E-state index in [1.54, 1.807) is 0 Å². The predicted molar refractivity (Wildman–Crippen MR) is 189 cm³/mol. The van der Waals surface area contributed by atoms with Gasteiger partial charge >= 0.3 is 5.97 Å². The number of amides is 1. The van der Waals surface area contributed by atoms with E-state index in [9.17, 15) is 14.7 Å². The van der Waals surface area contributed by atoms with Gasteiger partial charge in [0.25, 0.3) is 0 Å². The molecule has 3 aliphatic rings. The van der Waals surface area contributed by atoms with Gasteiger partial charge in [-0.05, 0) is 70.4 Å². The number of aliphatic carboxylic acids is 1. The molecule has 49 heavy (non-hydrogen) atoms. The number of carbonyl (C=O) groups excluding carboxylic acids is 1.